The average molecular weight is 417 g/mol. The van der Waals surface area contributed by atoms with Crippen molar-refractivity contribution in [3.63, 3.8) is 0 Å². The van der Waals surface area contributed by atoms with Crippen LogP contribution in [0, 0.1) is 29.6 Å². The zero-order valence-electron chi connectivity index (χ0n) is 17.7. The molecule has 2 aliphatic heterocycles. The number of ether oxygens (including phenoxy) is 2. The van der Waals surface area contributed by atoms with Crippen LogP contribution < -0.4 is 10.6 Å². The lowest BCUT2D eigenvalue weighted by Gasteiger charge is -2.24. The van der Waals surface area contributed by atoms with Crippen molar-refractivity contribution in [2.45, 2.75) is 51.5 Å². The Hall–Kier alpha value is -1.86. The van der Waals surface area contributed by atoms with E-state index in [0.717, 1.165) is 70.7 Å². The Bertz CT molecular complexity index is 806. The molecule has 4 aliphatic rings. The van der Waals surface area contributed by atoms with E-state index in [-0.39, 0.29) is 40.5 Å². The van der Waals surface area contributed by atoms with Gasteiger partial charge in [0.05, 0.1) is 0 Å². The molecule has 7 heteroatoms. The second-order valence-electron chi connectivity index (χ2n) is 9.72. The van der Waals surface area contributed by atoms with Gasteiger partial charge >= 0.3 is 0 Å². The van der Waals surface area contributed by atoms with Crippen LogP contribution in [0.25, 0.3) is 0 Å². The van der Waals surface area contributed by atoms with E-state index in [1.807, 2.05) is 19.1 Å². The van der Waals surface area contributed by atoms with Crippen molar-refractivity contribution in [3.05, 3.63) is 23.7 Å². The summed E-state index contributed by atoms with van der Waals surface area (Å²) in [5, 5.41) is 6.24. The van der Waals surface area contributed by atoms with Gasteiger partial charge in [0.25, 0.3) is 0 Å². The molecule has 30 heavy (non-hydrogen) atoms. The number of hydrogen-bond donors (Lipinski definition) is 2. The Morgan fingerprint density at radius 1 is 0.967 bits per heavy atom. The molecule has 0 bridgehead atoms. The summed E-state index contributed by atoms with van der Waals surface area (Å²) in [6.07, 6.45) is 5.74. The van der Waals surface area contributed by atoms with Gasteiger partial charge in [0.2, 0.25) is 11.8 Å². The fourth-order valence-electron chi connectivity index (χ4n) is 5.56. The van der Waals surface area contributed by atoms with Gasteiger partial charge in [0, 0.05) is 44.8 Å². The highest BCUT2D eigenvalue weighted by Gasteiger charge is 2.59. The molecule has 0 radical (unpaired) electrons. The Labute approximate surface area is 177 Å². The minimum absolute atomic E-state index is 0.0459. The molecule has 1 aromatic heterocycles. The van der Waals surface area contributed by atoms with Crippen LogP contribution in [0.1, 0.15) is 56.1 Å². The molecule has 3 heterocycles. The van der Waals surface area contributed by atoms with Gasteiger partial charge in [-0.1, -0.05) is 0 Å². The number of nitrogens with one attached hydrogen (secondary N) is 2. The number of furan rings is 1. The maximum Gasteiger partial charge on any atom is 0.224 e. The average Bonchev–Trinajstić information content (AvgIpc) is 3.59. The van der Waals surface area contributed by atoms with Crippen LogP contribution >= 0.6 is 0 Å². The van der Waals surface area contributed by atoms with Crippen molar-refractivity contribution in [2.75, 3.05) is 33.0 Å². The van der Waals surface area contributed by atoms with Crippen molar-refractivity contribution in [2.24, 2.45) is 22.7 Å². The third-order valence-electron chi connectivity index (χ3n) is 7.89. The monoisotopic (exact) mass is 416 g/mol. The molecule has 2 N–H and O–H groups in total. The van der Waals surface area contributed by atoms with Crippen LogP contribution in [-0.4, -0.2) is 44.8 Å². The molecule has 0 unspecified atom stereocenters. The zero-order chi connectivity index (χ0) is 20.8. The molecular weight excluding hydrogens is 384 g/mol. The quantitative estimate of drug-likeness (QED) is 0.744. The second kappa shape index (κ2) is 7.68. The SMILES string of the molecule is Cc1ccc([C@H](CNC(=O)[C@@H]2CC23CCOCC3)NC(=O)[C@@H]2CC23CCOCC3)o1. The molecule has 2 spiro atoms. The zero-order valence-corrected chi connectivity index (χ0v) is 17.7. The van der Waals surface area contributed by atoms with Crippen molar-refractivity contribution < 1.29 is 23.5 Å². The molecule has 4 fully saturated rings. The van der Waals surface area contributed by atoms with Crippen LogP contribution in [0.4, 0.5) is 0 Å². The predicted molar refractivity (Wildman–Crippen MR) is 109 cm³/mol. The third kappa shape index (κ3) is 3.78. The molecule has 2 saturated heterocycles. The number of carbonyl (C=O) groups is 2. The minimum Gasteiger partial charge on any atom is -0.464 e. The summed E-state index contributed by atoms with van der Waals surface area (Å²) in [4.78, 5) is 25.8. The molecule has 0 aromatic carbocycles. The highest BCUT2D eigenvalue weighted by atomic mass is 16.5. The predicted octanol–water partition coefficient (Wildman–Crippen LogP) is 2.49. The standard InChI is InChI=1S/C23H32N2O5/c1-15-2-3-19(30-15)18(25-21(27)17-13-23(17)6-10-29-11-7-23)14-24-20(26)16-12-22(16)4-8-28-9-5-22/h2-3,16-18H,4-14H2,1H3,(H,24,26)(H,25,27)/t16-,17-,18-/m0/s1. The minimum atomic E-state index is -0.350. The smallest absolute Gasteiger partial charge is 0.224 e. The number of rotatable bonds is 6. The van der Waals surface area contributed by atoms with Crippen molar-refractivity contribution in [3.8, 4) is 0 Å². The van der Waals surface area contributed by atoms with E-state index in [2.05, 4.69) is 10.6 Å². The van der Waals surface area contributed by atoms with Crippen LogP contribution in [0.2, 0.25) is 0 Å². The molecular formula is C23H32N2O5. The van der Waals surface area contributed by atoms with Gasteiger partial charge in [-0.2, -0.15) is 0 Å². The van der Waals surface area contributed by atoms with Gasteiger partial charge in [-0.15, -0.1) is 0 Å². The van der Waals surface area contributed by atoms with E-state index >= 15 is 0 Å². The van der Waals surface area contributed by atoms with Crippen LogP contribution in [0.3, 0.4) is 0 Å². The highest BCUT2D eigenvalue weighted by Crippen LogP contribution is 2.60. The number of carbonyl (C=O) groups excluding carboxylic acids is 2. The Morgan fingerprint density at radius 2 is 1.53 bits per heavy atom. The molecule has 164 valence electrons. The maximum atomic E-state index is 13.0. The van der Waals surface area contributed by atoms with Crippen LogP contribution in [-0.2, 0) is 19.1 Å². The fraction of sp³-hybridized carbons (Fsp3) is 0.739. The summed E-state index contributed by atoms with van der Waals surface area (Å²) in [7, 11) is 0. The molecule has 3 atom stereocenters. The van der Waals surface area contributed by atoms with Crippen LogP contribution in [0.5, 0.6) is 0 Å². The van der Waals surface area contributed by atoms with Gasteiger partial charge < -0.3 is 24.5 Å². The van der Waals surface area contributed by atoms with Gasteiger partial charge in [-0.05, 0) is 68.4 Å². The Morgan fingerprint density at radius 3 is 2.07 bits per heavy atom. The second-order valence-corrected chi connectivity index (χ2v) is 9.72. The Balaban J connectivity index is 1.20. The lowest BCUT2D eigenvalue weighted by Crippen LogP contribution is -2.40. The first-order chi connectivity index (χ1) is 14.5. The first kappa shape index (κ1) is 20.1. The van der Waals surface area contributed by atoms with Gasteiger partial charge in [0.15, 0.2) is 0 Å². The first-order valence-electron chi connectivity index (χ1n) is 11.3. The van der Waals surface area contributed by atoms with E-state index in [9.17, 15) is 9.59 Å². The Kier molecular flexibility index (Phi) is 5.14. The van der Waals surface area contributed by atoms with Gasteiger partial charge in [-0.25, -0.2) is 0 Å². The normalized spacial score (nSPS) is 29.4. The number of aryl methyl sites for hydroxylation is 1. The van der Waals surface area contributed by atoms with Crippen molar-refractivity contribution >= 4 is 11.8 Å². The largest absolute Gasteiger partial charge is 0.464 e. The highest BCUT2D eigenvalue weighted by molar-refractivity contribution is 5.84. The summed E-state index contributed by atoms with van der Waals surface area (Å²) in [6.45, 7) is 5.23. The summed E-state index contributed by atoms with van der Waals surface area (Å²) in [5.74, 6) is 1.77. The molecule has 7 nitrogen and oxygen atoms in total. The molecule has 1 aromatic rings. The molecule has 2 aliphatic carbocycles. The molecule has 2 amide bonds. The van der Waals surface area contributed by atoms with Crippen LogP contribution in [0.15, 0.2) is 16.5 Å². The van der Waals surface area contributed by atoms with E-state index in [0.29, 0.717) is 12.3 Å². The van der Waals surface area contributed by atoms with E-state index < -0.39 is 0 Å². The first-order valence-corrected chi connectivity index (χ1v) is 11.3. The number of hydrogen-bond acceptors (Lipinski definition) is 5. The summed E-state index contributed by atoms with van der Waals surface area (Å²) >= 11 is 0. The summed E-state index contributed by atoms with van der Waals surface area (Å²) < 4.78 is 16.7. The van der Waals surface area contributed by atoms with Gasteiger partial charge in [-0.3, -0.25) is 9.59 Å². The third-order valence-corrected chi connectivity index (χ3v) is 7.89. The van der Waals surface area contributed by atoms with Crippen molar-refractivity contribution in [1.29, 1.82) is 0 Å². The maximum absolute atomic E-state index is 13.0. The summed E-state index contributed by atoms with van der Waals surface area (Å²) in [6, 6.07) is 3.43. The molecule has 5 rings (SSSR count). The topological polar surface area (TPSA) is 89.8 Å². The lowest BCUT2D eigenvalue weighted by molar-refractivity contribution is -0.126. The van der Waals surface area contributed by atoms with E-state index in [4.69, 9.17) is 13.9 Å². The van der Waals surface area contributed by atoms with Gasteiger partial charge in [0.1, 0.15) is 17.6 Å². The van der Waals surface area contributed by atoms with E-state index in [1.165, 1.54) is 0 Å². The van der Waals surface area contributed by atoms with Crippen molar-refractivity contribution in [1.82, 2.24) is 10.6 Å². The summed E-state index contributed by atoms with van der Waals surface area (Å²) in [5.41, 5.74) is 0.268. The lowest BCUT2D eigenvalue weighted by atomic mass is 9.93. The van der Waals surface area contributed by atoms with E-state index in [1.54, 1.807) is 0 Å². The number of amides is 2. The molecule has 2 saturated carbocycles. The fourth-order valence-corrected chi connectivity index (χ4v) is 5.56.